The molecular formula is C13H20FN3O. The van der Waals surface area contributed by atoms with Gasteiger partial charge in [0.15, 0.2) is 0 Å². The van der Waals surface area contributed by atoms with Crippen molar-refractivity contribution in [2.45, 2.75) is 19.4 Å². The van der Waals surface area contributed by atoms with Crippen LogP contribution in [-0.2, 0) is 4.79 Å². The highest BCUT2D eigenvalue weighted by Gasteiger charge is 2.07. The molecule has 0 saturated heterocycles. The van der Waals surface area contributed by atoms with Gasteiger partial charge in [0.2, 0.25) is 5.91 Å². The molecule has 0 heterocycles. The number of amides is 1. The van der Waals surface area contributed by atoms with Gasteiger partial charge in [-0.3, -0.25) is 9.69 Å². The number of carbonyl (C=O) groups excluding carboxylic acids is 1. The van der Waals surface area contributed by atoms with Gasteiger partial charge in [0.25, 0.3) is 0 Å². The maximum atomic E-state index is 12.7. The standard InChI is InChI=1S/C13H20FN3O/c1-10(15)7-8-17(2)9-13(18)16-12-5-3-11(14)4-6-12/h3-6,10H,7-9,15H2,1-2H3,(H,16,18). The number of benzene rings is 1. The highest BCUT2D eigenvalue weighted by atomic mass is 19.1. The second kappa shape index (κ2) is 7.08. The van der Waals surface area contributed by atoms with Crippen LogP contribution in [-0.4, -0.2) is 37.0 Å². The lowest BCUT2D eigenvalue weighted by Crippen LogP contribution is -2.33. The van der Waals surface area contributed by atoms with Gasteiger partial charge in [-0.2, -0.15) is 0 Å². The number of nitrogens with two attached hydrogens (primary N) is 1. The summed E-state index contributed by atoms with van der Waals surface area (Å²) in [7, 11) is 1.87. The molecule has 0 aliphatic rings. The van der Waals surface area contributed by atoms with Gasteiger partial charge < -0.3 is 11.1 Å². The molecule has 3 N–H and O–H groups in total. The SMILES string of the molecule is CC(N)CCN(C)CC(=O)Nc1ccc(F)cc1. The molecule has 0 bridgehead atoms. The maximum absolute atomic E-state index is 12.7. The van der Waals surface area contributed by atoms with Crippen LogP contribution in [0.5, 0.6) is 0 Å². The van der Waals surface area contributed by atoms with E-state index in [1.54, 1.807) is 0 Å². The smallest absolute Gasteiger partial charge is 0.238 e. The number of carbonyl (C=O) groups is 1. The van der Waals surface area contributed by atoms with Gasteiger partial charge in [0, 0.05) is 11.7 Å². The third-order valence-corrected chi connectivity index (χ3v) is 2.51. The number of anilines is 1. The highest BCUT2D eigenvalue weighted by Crippen LogP contribution is 2.08. The zero-order valence-electron chi connectivity index (χ0n) is 10.8. The van der Waals surface area contributed by atoms with Crippen LogP contribution in [0.4, 0.5) is 10.1 Å². The Morgan fingerprint density at radius 2 is 2.06 bits per heavy atom. The van der Waals surface area contributed by atoms with Gasteiger partial charge >= 0.3 is 0 Å². The summed E-state index contributed by atoms with van der Waals surface area (Å²) < 4.78 is 12.7. The van der Waals surface area contributed by atoms with Crippen LogP contribution in [0.3, 0.4) is 0 Å². The van der Waals surface area contributed by atoms with E-state index < -0.39 is 0 Å². The number of nitrogens with zero attached hydrogens (tertiary/aromatic N) is 1. The second-order valence-electron chi connectivity index (χ2n) is 4.56. The summed E-state index contributed by atoms with van der Waals surface area (Å²) >= 11 is 0. The molecular weight excluding hydrogens is 233 g/mol. The summed E-state index contributed by atoms with van der Waals surface area (Å²) in [6.07, 6.45) is 0.848. The van der Waals surface area contributed by atoms with Crippen molar-refractivity contribution in [3.05, 3.63) is 30.1 Å². The maximum Gasteiger partial charge on any atom is 0.238 e. The normalized spacial score (nSPS) is 12.5. The summed E-state index contributed by atoms with van der Waals surface area (Å²) in [6, 6.07) is 5.84. The van der Waals surface area contributed by atoms with E-state index in [0.717, 1.165) is 13.0 Å². The number of rotatable bonds is 6. The Bertz CT molecular complexity index is 378. The zero-order valence-corrected chi connectivity index (χ0v) is 10.8. The quantitative estimate of drug-likeness (QED) is 0.806. The fourth-order valence-corrected chi connectivity index (χ4v) is 1.48. The molecule has 1 rings (SSSR count). The van der Waals surface area contributed by atoms with Crippen molar-refractivity contribution in [2.24, 2.45) is 5.73 Å². The predicted molar refractivity (Wildman–Crippen MR) is 70.8 cm³/mol. The van der Waals surface area contributed by atoms with Gasteiger partial charge in [-0.25, -0.2) is 4.39 Å². The Morgan fingerprint density at radius 3 is 2.61 bits per heavy atom. The monoisotopic (exact) mass is 253 g/mol. The van der Waals surface area contributed by atoms with Crippen molar-refractivity contribution in [1.29, 1.82) is 0 Å². The minimum Gasteiger partial charge on any atom is -0.328 e. The van der Waals surface area contributed by atoms with Crippen molar-refractivity contribution in [2.75, 3.05) is 25.5 Å². The summed E-state index contributed by atoms with van der Waals surface area (Å²) in [4.78, 5) is 13.6. The molecule has 0 aliphatic carbocycles. The minimum absolute atomic E-state index is 0.117. The third kappa shape index (κ3) is 5.75. The van der Waals surface area contributed by atoms with Gasteiger partial charge in [-0.05, 0) is 51.2 Å². The molecule has 4 nitrogen and oxygen atoms in total. The number of halogens is 1. The van der Waals surface area contributed by atoms with E-state index in [1.807, 2.05) is 18.9 Å². The van der Waals surface area contributed by atoms with E-state index in [1.165, 1.54) is 24.3 Å². The van der Waals surface area contributed by atoms with Crippen molar-refractivity contribution in [3.63, 3.8) is 0 Å². The van der Waals surface area contributed by atoms with E-state index in [-0.39, 0.29) is 17.8 Å². The van der Waals surface area contributed by atoms with Crippen LogP contribution < -0.4 is 11.1 Å². The Kier molecular flexibility index (Phi) is 5.74. The first kappa shape index (κ1) is 14.6. The Hall–Kier alpha value is -1.46. The molecule has 1 amide bonds. The molecule has 0 fully saturated rings. The molecule has 100 valence electrons. The van der Waals surface area contributed by atoms with Crippen LogP contribution >= 0.6 is 0 Å². The first-order valence-electron chi connectivity index (χ1n) is 5.97. The molecule has 18 heavy (non-hydrogen) atoms. The number of hydrogen-bond donors (Lipinski definition) is 2. The summed E-state index contributed by atoms with van der Waals surface area (Å²) in [5.74, 6) is -0.434. The van der Waals surface area contributed by atoms with Gasteiger partial charge in [0.1, 0.15) is 5.82 Å². The fourth-order valence-electron chi connectivity index (χ4n) is 1.48. The Balaban J connectivity index is 2.34. The topological polar surface area (TPSA) is 58.4 Å². The fraction of sp³-hybridized carbons (Fsp3) is 0.462. The van der Waals surface area contributed by atoms with Crippen LogP contribution in [0.2, 0.25) is 0 Å². The molecule has 0 radical (unpaired) electrons. The lowest BCUT2D eigenvalue weighted by molar-refractivity contribution is -0.117. The van der Waals surface area contributed by atoms with Crippen molar-refractivity contribution in [3.8, 4) is 0 Å². The van der Waals surface area contributed by atoms with E-state index in [2.05, 4.69) is 5.32 Å². The summed E-state index contributed by atoms with van der Waals surface area (Å²) in [5.41, 5.74) is 6.25. The van der Waals surface area contributed by atoms with Crippen LogP contribution in [0.25, 0.3) is 0 Å². The highest BCUT2D eigenvalue weighted by molar-refractivity contribution is 5.92. The zero-order chi connectivity index (χ0) is 13.5. The second-order valence-corrected chi connectivity index (χ2v) is 4.56. The van der Waals surface area contributed by atoms with E-state index >= 15 is 0 Å². The molecule has 1 aromatic carbocycles. The first-order chi connectivity index (χ1) is 8.47. The first-order valence-corrected chi connectivity index (χ1v) is 5.97. The van der Waals surface area contributed by atoms with E-state index in [0.29, 0.717) is 12.2 Å². The summed E-state index contributed by atoms with van der Waals surface area (Å²) in [5, 5.41) is 2.71. The largest absolute Gasteiger partial charge is 0.328 e. The molecule has 0 spiro atoms. The average Bonchev–Trinajstić information content (AvgIpc) is 2.29. The average molecular weight is 253 g/mol. The number of nitrogens with one attached hydrogen (secondary N) is 1. The van der Waals surface area contributed by atoms with Crippen molar-refractivity contribution in [1.82, 2.24) is 4.90 Å². The molecule has 0 saturated carbocycles. The Morgan fingerprint density at radius 1 is 1.44 bits per heavy atom. The molecule has 1 aromatic rings. The lowest BCUT2D eigenvalue weighted by atomic mass is 10.2. The molecule has 0 aliphatic heterocycles. The Labute approximate surface area is 107 Å². The molecule has 0 aromatic heterocycles. The van der Waals surface area contributed by atoms with Gasteiger partial charge in [0.05, 0.1) is 6.54 Å². The van der Waals surface area contributed by atoms with Crippen LogP contribution in [0.1, 0.15) is 13.3 Å². The predicted octanol–water partition coefficient (Wildman–Crippen LogP) is 1.43. The number of likely N-dealkylation sites (N-methyl/N-ethyl adjacent to an activating group) is 1. The van der Waals surface area contributed by atoms with Crippen LogP contribution in [0, 0.1) is 5.82 Å². The van der Waals surface area contributed by atoms with E-state index in [4.69, 9.17) is 5.73 Å². The lowest BCUT2D eigenvalue weighted by Gasteiger charge is -2.17. The van der Waals surface area contributed by atoms with Gasteiger partial charge in [-0.1, -0.05) is 0 Å². The molecule has 1 unspecified atom stereocenters. The van der Waals surface area contributed by atoms with Crippen molar-refractivity contribution >= 4 is 11.6 Å². The van der Waals surface area contributed by atoms with Crippen LogP contribution in [0.15, 0.2) is 24.3 Å². The summed E-state index contributed by atoms with van der Waals surface area (Å²) in [6.45, 7) is 3.00. The van der Waals surface area contributed by atoms with Crippen molar-refractivity contribution < 1.29 is 9.18 Å². The molecule has 5 heteroatoms. The minimum atomic E-state index is -0.318. The molecule has 1 atom stereocenters. The van der Waals surface area contributed by atoms with E-state index in [9.17, 15) is 9.18 Å². The van der Waals surface area contributed by atoms with Gasteiger partial charge in [-0.15, -0.1) is 0 Å². The third-order valence-electron chi connectivity index (χ3n) is 2.51. The number of hydrogen-bond acceptors (Lipinski definition) is 3.